The SMILES string of the molecule is NC(=O)c1cc(Oc2cccc3ncccc23)ccc1N. The van der Waals surface area contributed by atoms with Crippen LogP contribution in [-0.4, -0.2) is 10.9 Å². The van der Waals surface area contributed by atoms with Gasteiger partial charge in [0.15, 0.2) is 0 Å². The van der Waals surface area contributed by atoms with Gasteiger partial charge in [0.2, 0.25) is 0 Å². The molecule has 2 aromatic carbocycles. The Balaban J connectivity index is 2.03. The molecule has 0 saturated heterocycles. The fourth-order valence-corrected chi connectivity index (χ4v) is 2.10. The zero-order valence-electron chi connectivity index (χ0n) is 11.1. The predicted octanol–water partition coefficient (Wildman–Crippen LogP) is 2.71. The molecule has 0 atom stereocenters. The van der Waals surface area contributed by atoms with Crippen LogP contribution in [0.25, 0.3) is 10.9 Å². The number of amides is 1. The number of primary amides is 1. The lowest BCUT2D eigenvalue weighted by Gasteiger charge is -2.10. The molecule has 0 aliphatic rings. The minimum Gasteiger partial charge on any atom is -0.457 e. The minimum atomic E-state index is -0.586. The van der Waals surface area contributed by atoms with E-state index in [9.17, 15) is 4.79 Å². The molecule has 0 bridgehead atoms. The van der Waals surface area contributed by atoms with Crippen LogP contribution in [0.2, 0.25) is 0 Å². The number of nitrogen functional groups attached to an aromatic ring is 1. The number of carbonyl (C=O) groups excluding carboxylic acids is 1. The first-order chi connectivity index (χ1) is 10.1. The number of anilines is 1. The van der Waals surface area contributed by atoms with Crippen molar-refractivity contribution in [1.29, 1.82) is 0 Å². The lowest BCUT2D eigenvalue weighted by Crippen LogP contribution is -2.13. The van der Waals surface area contributed by atoms with Gasteiger partial charge in [-0.15, -0.1) is 0 Å². The van der Waals surface area contributed by atoms with Crippen LogP contribution in [0.5, 0.6) is 11.5 Å². The topological polar surface area (TPSA) is 91.2 Å². The number of ether oxygens (including phenoxy) is 1. The van der Waals surface area contributed by atoms with Crippen molar-refractivity contribution in [3.8, 4) is 11.5 Å². The van der Waals surface area contributed by atoms with Gasteiger partial charge < -0.3 is 16.2 Å². The van der Waals surface area contributed by atoms with Crippen molar-refractivity contribution in [1.82, 2.24) is 4.98 Å². The second-order valence-corrected chi connectivity index (χ2v) is 4.54. The van der Waals surface area contributed by atoms with E-state index in [0.29, 0.717) is 17.2 Å². The van der Waals surface area contributed by atoms with Gasteiger partial charge in [-0.1, -0.05) is 6.07 Å². The Morgan fingerprint density at radius 2 is 1.95 bits per heavy atom. The molecule has 1 aromatic heterocycles. The van der Waals surface area contributed by atoms with Gasteiger partial charge in [-0.05, 0) is 42.5 Å². The Kier molecular flexibility index (Phi) is 3.16. The van der Waals surface area contributed by atoms with Gasteiger partial charge in [0.05, 0.1) is 11.1 Å². The number of benzene rings is 2. The van der Waals surface area contributed by atoms with Crippen molar-refractivity contribution in [2.45, 2.75) is 0 Å². The lowest BCUT2D eigenvalue weighted by molar-refractivity contribution is 0.100. The number of carbonyl (C=O) groups is 1. The van der Waals surface area contributed by atoms with E-state index in [1.807, 2.05) is 30.3 Å². The number of hydrogen-bond donors (Lipinski definition) is 2. The molecule has 1 amide bonds. The van der Waals surface area contributed by atoms with Gasteiger partial charge in [0.1, 0.15) is 11.5 Å². The van der Waals surface area contributed by atoms with Gasteiger partial charge in [-0.3, -0.25) is 9.78 Å². The second kappa shape index (κ2) is 5.13. The molecule has 3 rings (SSSR count). The predicted molar refractivity (Wildman–Crippen MR) is 81.2 cm³/mol. The van der Waals surface area contributed by atoms with Crippen molar-refractivity contribution < 1.29 is 9.53 Å². The number of rotatable bonds is 3. The molecule has 0 radical (unpaired) electrons. The third-order valence-electron chi connectivity index (χ3n) is 3.12. The molecule has 0 spiro atoms. The minimum absolute atomic E-state index is 0.242. The summed E-state index contributed by atoms with van der Waals surface area (Å²) in [6.45, 7) is 0. The average molecular weight is 279 g/mol. The van der Waals surface area contributed by atoms with Crippen LogP contribution in [0, 0.1) is 0 Å². The number of aromatic nitrogens is 1. The second-order valence-electron chi connectivity index (χ2n) is 4.54. The summed E-state index contributed by atoms with van der Waals surface area (Å²) < 4.78 is 5.83. The maximum atomic E-state index is 11.3. The van der Waals surface area contributed by atoms with E-state index in [1.165, 1.54) is 6.07 Å². The monoisotopic (exact) mass is 279 g/mol. The number of fused-ring (bicyclic) bond motifs is 1. The molecule has 0 saturated carbocycles. The maximum Gasteiger partial charge on any atom is 0.250 e. The number of hydrogen-bond acceptors (Lipinski definition) is 4. The molecule has 0 aliphatic carbocycles. The molecule has 21 heavy (non-hydrogen) atoms. The smallest absolute Gasteiger partial charge is 0.250 e. The van der Waals surface area contributed by atoms with Crippen LogP contribution in [0.1, 0.15) is 10.4 Å². The molecule has 1 heterocycles. The first-order valence-corrected chi connectivity index (χ1v) is 6.36. The number of pyridine rings is 1. The van der Waals surface area contributed by atoms with Gasteiger partial charge >= 0.3 is 0 Å². The zero-order chi connectivity index (χ0) is 14.8. The molecular weight excluding hydrogens is 266 g/mol. The molecule has 5 nitrogen and oxygen atoms in total. The van der Waals surface area contributed by atoms with Gasteiger partial charge in [-0.25, -0.2) is 0 Å². The molecule has 3 aromatic rings. The summed E-state index contributed by atoms with van der Waals surface area (Å²) in [5.74, 6) is 0.563. The van der Waals surface area contributed by atoms with Crippen LogP contribution in [0.3, 0.4) is 0 Å². The van der Waals surface area contributed by atoms with Crippen molar-refractivity contribution >= 4 is 22.5 Å². The summed E-state index contributed by atoms with van der Waals surface area (Å²) >= 11 is 0. The van der Waals surface area contributed by atoms with Crippen molar-refractivity contribution in [3.05, 3.63) is 60.3 Å². The van der Waals surface area contributed by atoms with Crippen molar-refractivity contribution in [2.24, 2.45) is 5.73 Å². The molecule has 0 unspecified atom stereocenters. The fourth-order valence-electron chi connectivity index (χ4n) is 2.10. The zero-order valence-corrected chi connectivity index (χ0v) is 11.1. The van der Waals surface area contributed by atoms with Crippen molar-refractivity contribution in [2.75, 3.05) is 5.73 Å². The summed E-state index contributed by atoms with van der Waals surface area (Å²) in [7, 11) is 0. The number of nitrogens with zero attached hydrogens (tertiary/aromatic N) is 1. The lowest BCUT2D eigenvalue weighted by atomic mass is 10.1. The van der Waals surface area contributed by atoms with Gasteiger partial charge in [0.25, 0.3) is 5.91 Å². The highest BCUT2D eigenvalue weighted by Gasteiger charge is 2.09. The van der Waals surface area contributed by atoms with E-state index in [1.54, 1.807) is 18.3 Å². The largest absolute Gasteiger partial charge is 0.457 e. The maximum absolute atomic E-state index is 11.3. The standard InChI is InChI=1S/C16H13N3O2/c17-13-7-6-10(9-12(13)16(18)20)21-15-5-1-4-14-11(15)3-2-8-19-14/h1-9H,17H2,(H2,18,20). The summed E-state index contributed by atoms with van der Waals surface area (Å²) in [6, 6.07) is 14.2. The van der Waals surface area contributed by atoms with Gasteiger partial charge in [-0.2, -0.15) is 0 Å². The Hall–Kier alpha value is -3.08. The first-order valence-electron chi connectivity index (χ1n) is 6.36. The Bertz CT molecular complexity index is 825. The highest BCUT2D eigenvalue weighted by atomic mass is 16.5. The van der Waals surface area contributed by atoms with E-state index in [2.05, 4.69) is 4.98 Å². The van der Waals surface area contributed by atoms with Crippen molar-refractivity contribution in [3.63, 3.8) is 0 Å². The summed E-state index contributed by atoms with van der Waals surface area (Å²) in [4.78, 5) is 15.6. The quantitative estimate of drug-likeness (QED) is 0.721. The van der Waals surface area contributed by atoms with E-state index < -0.39 is 5.91 Å². The normalized spacial score (nSPS) is 10.5. The molecule has 5 heteroatoms. The Morgan fingerprint density at radius 1 is 1.10 bits per heavy atom. The third kappa shape index (κ3) is 2.49. The third-order valence-corrected chi connectivity index (χ3v) is 3.12. The van der Waals surface area contributed by atoms with E-state index in [-0.39, 0.29) is 5.56 Å². The Labute approximate surface area is 121 Å². The van der Waals surface area contributed by atoms with Gasteiger partial charge in [0, 0.05) is 17.3 Å². The van der Waals surface area contributed by atoms with Crippen LogP contribution in [-0.2, 0) is 0 Å². The molecule has 104 valence electrons. The average Bonchev–Trinajstić information content (AvgIpc) is 2.49. The highest BCUT2D eigenvalue weighted by molar-refractivity contribution is 5.98. The molecule has 0 fully saturated rings. The molecule has 0 aliphatic heterocycles. The number of nitrogens with two attached hydrogens (primary N) is 2. The van der Waals surface area contributed by atoms with Crippen LogP contribution in [0.15, 0.2) is 54.7 Å². The van der Waals surface area contributed by atoms with Crippen LogP contribution < -0.4 is 16.2 Å². The summed E-state index contributed by atoms with van der Waals surface area (Å²) in [5.41, 5.74) is 12.4. The van der Waals surface area contributed by atoms with Crippen LogP contribution in [0.4, 0.5) is 5.69 Å². The van der Waals surface area contributed by atoms with E-state index >= 15 is 0 Å². The Morgan fingerprint density at radius 3 is 2.76 bits per heavy atom. The van der Waals surface area contributed by atoms with Crippen LogP contribution >= 0.6 is 0 Å². The summed E-state index contributed by atoms with van der Waals surface area (Å²) in [6.07, 6.45) is 1.72. The fraction of sp³-hybridized carbons (Fsp3) is 0. The first kappa shape index (κ1) is 12.9. The van der Waals surface area contributed by atoms with E-state index in [4.69, 9.17) is 16.2 Å². The van der Waals surface area contributed by atoms with E-state index in [0.717, 1.165) is 10.9 Å². The molecular formula is C16H13N3O2. The highest BCUT2D eigenvalue weighted by Crippen LogP contribution is 2.30. The molecule has 4 N–H and O–H groups in total. The summed E-state index contributed by atoms with van der Waals surface area (Å²) in [5, 5.41) is 0.887.